The Morgan fingerprint density at radius 1 is 1.58 bits per heavy atom. The Morgan fingerprint density at radius 2 is 2.33 bits per heavy atom. The number of rotatable bonds is 1. The first-order chi connectivity index (χ1) is 5.68. The van der Waals surface area contributed by atoms with E-state index in [1.54, 1.807) is 0 Å². The minimum Gasteiger partial charge on any atom is -0.475 e. The van der Waals surface area contributed by atoms with Crippen LogP contribution in [0.4, 0.5) is 0 Å². The third-order valence-corrected chi connectivity index (χ3v) is 1.55. The van der Waals surface area contributed by atoms with Gasteiger partial charge in [-0.15, -0.1) is 0 Å². The number of nitrogens with zero attached hydrogens (tertiary/aromatic N) is 2. The average molecular weight is 233 g/mol. The third-order valence-electron chi connectivity index (χ3n) is 1.21. The molecule has 0 spiro atoms. The van der Waals surface area contributed by atoms with Gasteiger partial charge in [-0.05, 0) is 0 Å². The normalized spacial score (nSPS) is 10.8. The van der Waals surface area contributed by atoms with Crippen LogP contribution in [0.3, 0.4) is 0 Å². The number of aromatic nitrogens is 2. The molecule has 2 aromatic heterocycles. The number of carbonyl (C=O) groups is 1. The van der Waals surface area contributed by atoms with E-state index in [2.05, 4.69) is 30.6 Å². The number of fused-ring (bicyclic) bond motifs is 1. The van der Waals surface area contributed by atoms with Gasteiger partial charge in [-0.25, -0.2) is 4.79 Å². The van der Waals surface area contributed by atoms with Gasteiger partial charge in [-0.1, -0.05) is 5.16 Å². The average Bonchev–Trinajstić information content (AvgIpc) is 2.43. The number of carboxylic acids is 1. The van der Waals surface area contributed by atoms with Crippen LogP contribution in [0.15, 0.2) is 13.7 Å². The van der Waals surface area contributed by atoms with Crippen molar-refractivity contribution in [3.63, 3.8) is 0 Å². The van der Waals surface area contributed by atoms with Gasteiger partial charge in [0.05, 0.1) is 0 Å². The molecule has 6 nitrogen and oxygen atoms in total. The van der Waals surface area contributed by atoms with Gasteiger partial charge in [0.25, 0.3) is 10.6 Å². The molecule has 2 heterocycles. The summed E-state index contributed by atoms with van der Waals surface area (Å²) in [6, 6.07) is 0. The van der Waals surface area contributed by atoms with Crippen LogP contribution < -0.4 is 0 Å². The lowest BCUT2D eigenvalue weighted by atomic mass is 10.4. The predicted octanol–water partition coefficient (Wildman–Crippen LogP) is 1.28. The van der Waals surface area contributed by atoms with E-state index in [1.165, 1.54) is 0 Å². The SMILES string of the molecule is O=C(O)c1onc2nc(Br)oc12. The molecule has 0 unspecified atom stereocenters. The summed E-state index contributed by atoms with van der Waals surface area (Å²) in [5.41, 5.74) is 0.175. The van der Waals surface area contributed by atoms with Gasteiger partial charge in [0.2, 0.25) is 11.2 Å². The molecule has 0 amide bonds. The standard InChI is InChI=1S/C5HBrN2O4/c6-5-7-3-1(11-5)2(4(9)10)12-8-3/h(H,9,10). The van der Waals surface area contributed by atoms with Crippen molar-refractivity contribution in [3.05, 3.63) is 10.6 Å². The number of hydrogen-bond donors (Lipinski definition) is 1. The van der Waals surface area contributed by atoms with Crippen LogP contribution in [0.5, 0.6) is 0 Å². The maximum Gasteiger partial charge on any atom is 0.378 e. The van der Waals surface area contributed by atoms with Gasteiger partial charge in [-0.2, -0.15) is 4.98 Å². The predicted molar refractivity (Wildman–Crippen MR) is 38.7 cm³/mol. The Hall–Kier alpha value is -1.37. The molecule has 12 heavy (non-hydrogen) atoms. The number of halogens is 1. The summed E-state index contributed by atoms with van der Waals surface area (Å²) in [6.07, 6.45) is 0. The zero-order valence-electron chi connectivity index (χ0n) is 5.44. The second-order valence-corrected chi connectivity index (χ2v) is 2.61. The van der Waals surface area contributed by atoms with Crippen molar-refractivity contribution in [1.29, 1.82) is 0 Å². The maximum absolute atomic E-state index is 10.4. The molecule has 0 fully saturated rings. The molecule has 0 aromatic carbocycles. The van der Waals surface area contributed by atoms with Crippen LogP contribution >= 0.6 is 15.9 Å². The third kappa shape index (κ3) is 0.900. The van der Waals surface area contributed by atoms with E-state index in [0.717, 1.165) is 0 Å². The maximum atomic E-state index is 10.4. The van der Waals surface area contributed by atoms with E-state index in [-0.39, 0.29) is 21.8 Å². The van der Waals surface area contributed by atoms with Crippen molar-refractivity contribution in [3.8, 4) is 0 Å². The molecule has 0 bridgehead atoms. The van der Waals surface area contributed by atoms with Gasteiger partial charge in [0, 0.05) is 15.9 Å². The van der Waals surface area contributed by atoms with Gasteiger partial charge in [0.1, 0.15) is 0 Å². The molecule has 1 N–H and O–H groups in total. The van der Waals surface area contributed by atoms with Crippen LogP contribution in [0.25, 0.3) is 11.2 Å². The van der Waals surface area contributed by atoms with Gasteiger partial charge < -0.3 is 14.0 Å². The van der Waals surface area contributed by atoms with Crippen LogP contribution in [-0.4, -0.2) is 21.2 Å². The summed E-state index contributed by atoms with van der Waals surface area (Å²) >= 11 is 2.93. The number of oxazole rings is 1. The fourth-order valence-corrected chi connectivity index (χ4v) is 1.09. The molecule has 0 atom stereocenters. The quantitative estimate of drug-likeness (QED) is 0.797. The second-order valence-electron chi connectivity index (χ2n) is 1.94. The number of carboxylic acid groups (broad SMARTS) is 1. The molecular weight excluding hydrogens is 232 g/mol. The van der Waals surface area contributed by atoms with Crippen LogP contribution in [0.2, 0.25) is 0 Å². The van der Waals surface area contributed by atoms with Crippen molar-refractivity contribution in [2.24, 2.45) is 0 Å². The lowest BCUT2D eigenvalue weighted by molar-refractivity contribution is 0.0653. The van der Waals surface area contributed by atoms with E-state index in [4.69, 9.17) is 9.52 Å². The van der Waals surface area contributed by atoms with Gasteiger partial charge in [-0.3, -0.25) is 0 Å². The summed E-state index contributed by atoms with van der Waals surface area (Å²) in [6.45, 7) is 0. The van der Waals surface area contributed by atoms with E-state index in [0.29, 0.717) is 0 Å². The fourth-order valence-electron chi connectivity index (χ4n) is 0.763. The van der Waals surface area contributed by atoms with E-state index >= 15 is 0 Å². The Bertz CT molecular complexity index is 445. The molecule has 0 aliphatic rings. The molecular formula is C5HBrN2O4. The van der Waals surface area contributed by atoms with Crippen LogP contribution in [-0.2, 0) is 0 Å². The summed E-state index contributed by atoms with van der Waals surface area (Å²) < 4.78 is 9.31. The summed E-state index contributed by atoms with van der Waals surface area (Å²) in [7, 11) is 0. The highest BCUT2D eigenvalue weighted by Gasteiger charge is 2.20. The molecule has 2 aromatic rings. The smallest absolute Gasteiger partial charge is 0.378 e. The first-order valence-corrected chi connectivity index (χ1v) is 3.63. The lowest BCUT2D eigenvalue weighted by Crippen LogP contribution is -1.92. The molecule has 62 valence electrons. The van der Waals surface area contributed by atoms with Crippen LogP contribution in [0.1, 0.15) is 10.6 Å². The summed E-state index contributed by atoms with van der Waals surface area (Å²) in [4.78, 5) is 14.3. The van der Waals surface area contributed by atoms with Crippen molar-refractivity contribution < 1.29 is 18.8 Å². The Morgan fingerprint density at radius 3 is 3.00 bits per heavy atom. The first kappa shape index (κ1) is 7.29. The second kappa shape index (κ2) is 2.31. The lowest BCUT2D eigenvalue weighted by Gasteiger charge is -1.80. The summed E-state index contributed by atoms with van der Waals surface area (Å²) in [5, 5.41) is 11.9. The minimum absolute atomic E-state index is 0.0365. The van der Waals surface area contributed by atoms with Crippen molar-refractivity contribution in [2.45, 2.75) is 0 Å². The highest BCUT2D eigenvalue weighted by molar-refractivity contribution is 9.10. The molecule has 0 aliphatic carbocycles. The molecule has 0 saturated carbocycles. The molecule has 0 aliphatic heterocycles. The van der Waals surface area contributed by atoms with Crippen LogP contribution in [0, 0.1) is 0 Å². The van der Waals surface area contributed by atoms with Gasteiger partial charge in [0.15, 0.2) is 0 Å². The highest BCUT2D eigenvalue weighted by Crippen LogP contribution is 2.21. The Kier molecular flexibility index (Phi) is 1.40. The first-order valence-electron chi connectivity index (χ1n) is 2.83. The van der Waals surface area contributed by atoms with E-state index in [9.17, 15) is 4.79 Å². The van der Waals surface area contributed by atoms with Crippen molar-refractivity contribution in [1.82, 2.24) is 10.1 Å². The molecule has 0 radical (unpaired) electrons. The molecule has 7 heteroatoms. The number of aromatic carboxylic acids is 1. The highest BCUT2D eigenvalue weighted by atomic mass is 79.9. The van der Waals surface area contributed by atoms with Crippen molar-refractivity contribution in [2.75, 3.05) is 0 Å². The van der Waals surface area contributed by atoms with Crippen molar-refractivity contribution >= 4 is 33.1 Å². The molecule has 2 rings (SSSR count). The largest absolute Gasteiger partial charge is 0.475 e. The fraction of sp³-hybridized carbons (Fsp3) is 0. The topological polar surface area (TPSA) is 89.4 Å². The zero-order valence-corrected chi connectivity index (χ0v) is 7.03. The Labute approximate surface area is 73.3 Å². The number of hydrogen-bond acceptors (Lipinski definition) is 5. The molecule has 0 saturated heterocycles. The van der Waals surface area contributed by atoms with E-state index in [1.807, 2.05) is 0 Å². The Balaban J connectivity index is 2.76. The zero-order chi connectivity index (χ0) is 8.72. The van der Waals surface area contributed by atoms with Gasteiger partial charge >= 0.3 is 5.97 Å². The summed E-state index contributed by atoms with van der Waals surface area (Å²) in [5.74, 6) is -1.58. The minimum atomic E-state index is -1.24. The monoisotopic (exact) mass is 232 g/mol. The van der Waals surface area contributed by atoms with E-state index < -0.39 is 5.97 Å².